The smallest absolute Gasteiger partial charge is 0.143 e. The molecule has 0 aromatic heterocycles. The molecule has 0 aliphatic rings. The van der Waals surface area contributed by atoms with E-state index < -0.39 is 5.83 Å². The molecular weight excluding hydrogens is 105 g/mol. The van der Waals surface area contributed by atoms with E-state index in [1.807, 2.05) is 0 Å². The molecule has 0 bridgehead atoms. The van der Waals surface area contributed by atoms with Crippen molar-refractivity contribution in [2.75, 3.05) is 0 Å². The van der Waals surface area contributed by atoms with Gasteiger partial charge in [0.15, 0.2) is 0 Å². The van der Waals surface area contributed by atoms with Crippen molar-refractivity contribution in [3.05, 3.63) is 24.2 Å². The topological polar surface area (TPSA) is 12.4 Å². The van der Waals surface area contributed by atoms with E-state index in [0.29, 0.717) is 0 Å². The number of rotatable bonds is 2. The maximum atomic E-state index is 12.2. The van der Waals surface area contributed by atoms with E-state index in [0.717, 1.165) is 6.08 Å². The lowest BCUT2D eigenvalue weighted by Crippen LogP contribution is -1.70. The van der Waals surface area contributed by atoms with Crippen molar-refractivity contribution in [2.24, 2.45) is 4.99 Å². The van der Waals surface area contributed by atoms with Crippen molar-refractivity contribution in [1.29, 1.82) is 0 Å². The molecule has 0 amide bonds. The lowest BCUT2D eigenvalue weighted by molar-refractivity contribution is 0.653. The second kappa shape index (κ2) is 3.13. The van der Waals surface area contributed by atoms with Crippen molar-refractivity contribution in [1.82, 2.24) is 0 Å². The summed E-state index contributed by atoms with van der Waals surface area (Å²) in [6, 6.07) is 0. The van der Waals surface area contributed by atoms with Crippen LogP contribution < -0.4 is 0 Å². The Kier molecular flexibility index (Phi) is 2.77. The van der Waals surface area contributed by atoms with Crippen molar-refractivity contribution >= 4 is 6.72 Å². The second-order valence-corrected chi connectivity index (χ2v) is 1.30. The Morgan fingerprint density at radius 1 is 1.75 bits per heavy atom. The number of nitrogens with zero attached hydrogens (tertiary/aromatic N) is 1. The van der Waals surface area contributed by atoms with Gasteiger partial charge in [0.05, 0.1) is 5.70 Å². The summed E-state index contributed by atoms with van der Waals surface area (Å²) < 4.78 is 12.2. The molecule has 0 saturated carbocycles. The van der Waals surface area contributed by atoms with Gasteiger partial charge in [0, 0.05) is 0 Å². The van der Waals surface area contributed by atoms with Crippen molar-refractivity contribution in [3.8, 4) is 0 Å². The second-order valence-electron chi connectivity index (χ2n) is 1.30. The van der Waals surface area contributed by atoms with Gasteiger partial charge in [-0.05, 0) is 19.7 Å². The molecule has 0 unspecified atom stereocenters. The summed E-state index contributed by atoms with van der Waals surface area (Å²) in [5, 5.41) is 0. The van der Waals surface area contributed by atoms with Gasteiger partial charge in [-0.25, -0.2) is 4.39 Å². The van der Waals surface area contributed by atoms with Crippen LogP contribution in [0.1, 0.15) is 6.92 Å². The third kappa shape index (κ3) is 1.69. The van der Waals surface area contributed by atoms with Gasteiger partial charge in [-0.1, -0.05) is 6.58 Å². The highest BCUT2D eigenvalue weighted by Crippen LogP contribution is 2.05. The molecule has 44 valence electrons. The number of aliphatic imine (C=N–C) groups is 1. The van der Waals surface area contributed by atoms with Crippen LogP contribution in [-0.4, -0.2) is 6.72 Å². The van der Waals surface area contributed by atoms with Gasteiger partial charge in [0.1, 0.15) is 5.83 Å². The van der Waals surface area contributed by atoms with Crippen LogP contribution in [0.2, 0.25) is 0 Å². The van der Waals surface area contributed by atoms with E-state index in [1.165, 1.54) is 6.92 Å². The zero-order chi connectivity index (χ0) is 6.57. The maximum absolute atomic E-state index is 12.2. The third-order valence-corrected chi connectivity index (χ3v) is 0.762. The van der Waals surface area contributed by atoms with E-state index in [2.05, 4.69) is 18.3 Å². The number of allylic oxidation sites excluding steroid dienone is 3. The van der Waals surface area contributed by atoms with Crippen molar-refractivity contribution in [2.45, 2.75) is 6.92 Å². The summed E-state index contributed by atoms with van der Waals surface area (Å²) in [5.41, 5.74) is 0.278. The molecule has 0 atom stereocenters. The van der Waals surface area contributed by atoms with Crippen LogP contribution in [-0.2, 0) is 0 Å². The van der Waals surface area contributed by atoms with E-state index in [4.69, 9.17) is 0 Å². The van der Waals surface area contributed by atoms with Gasteiger partial charge in [-0.15, -0.1) is 0 Å². The zero-order valence-electron chi connectivity index (χ0n) is 4.82. The Hall–Kier alpha value is -0.920. The molecule has 0 aromatic carbocycles. The minimum atomic E-state index is -0.417. The average Bonchev–Trinajstić information content (AvgIpc) is 1.84. The van der Waals surface area contributed by atoms with Crippen LogP contribution in [0.4, 0.5) is 4.39 Å². The summed E-state index contributed by atoms with van der Waals surface area (Å²) >= 11 is 0. The SMILES string of the molecule is C=C/C(F)=C(/C)N=C. The molecular formula is C6H8FN. The first-order valence-electron chi connectivity index (χ1n) is 2.18. The fraction of sp³-hybridized carbons (Fsp3) is 0.167. The molecule has 8 heavy (non-hydrogen) atoms. The minimum Gasteiger partial charge on any atom is -0.266 e. The first-order chi connectivity index (χ1) is 3.72. The molecule has 0 saturated heterocycles. The van der Waals surface area contributed by atoms with Crippen LogP contribution in [0.3, 0.4) is 0 Å². The predicted octanol–water partition coefficient (Wildman–Crippen LogP) is 2.07. The van der Waals surface area contributed by atoms with Crippen LogP contribution in [0.15, 0.2) is 29.2 Å². The van der Waals surface area contributed by atoms with Crippen LogP contribution in [0, 0.1) is 0 Å². The molecule has 0 radical (unpaired) electrons. The molecule has 2 heteroatoms. The zero-order valence-corrected chi connectivity index (χ0v) is 4.82. The fourth-order valence-electron chi connectivity index (χ4n) is 0.223. The Labute approximate surface area is 48.2 Å². The van der Waals surface area contributed by atoms with Gasteiger partial charge in [-0.3, -0.25) is 4.99 Å². The standard InChI is InChI=1S/C6H8FN/c1-4-6(7)5(2)8-3/h4H,1,3H2,2H3/b6-5+. The molecule has 0 aliphatic carbocycles. The highest BCUT2D eigenvalue weighted by molar-refractivity contribution is 5.30. The largest absolute Gasteiger partial charge is 0.266 e. The molecule has 0 aromatic rings. The van der Waals surface area contributed by atoms with E-state index in [9.17, 15) is 4.39 Å². The first-order valence-corrected chi connectivity index (χ1v) is 2.18. The Morgan fingerprint density at radius 3 is 2.38 bits per heavy atom. The van der Waals surface area contributed by atoms with E-state index >= 15 is 0 Å². The van der Waals surface area contributed by atoms with Crippen LogP contribution >= 0.6 is 0 Å². The Morgan fingerprint density at radius 2 is 2.25 bits per heavy atom. The van der Waals surface area contributed by atoms with Gasteiger partial charge < -0.3 is 0 Å². The quantitative estimate of drug-likeness (QED) is 0.384. The minimum absolute atomic E-state index is 0.278. The van der Waals surface area contributed by atoms with Gasteiger partial charge in [0.2, 0.25) is 0 Å². The lowest BCUT2D eigenvalue weighted by Gasteiger charge is -1.87. The summed E-state index contributed by atoms with van der Waals surface area (Å²) in [4.78, 5) is 3.34. The fourth-order valence-corrected chi connectivity index (χ4v) is 0.223. The van der Waals surface area contributed by atoms with Crippen LogP contribution in [0.5, 0.6) is 0 Å². The van der Waals surface area contributed by atoms with Gasteiger partial charge in [-0.2, -0.15) is 0 Å². The molecule has 0 aliphatic heterocycles. The summed E-state index contributed by atoms with van der Waals surface area (Å²) in [5.74, 6) is -0.417. The number of halogens is 1. The molecule has 0 rings (SSSR count). The molecule has 1 nitrogen and oxygen atoms in total. The van der Waals surface area contributed by atoms with E-state index in [1.54, 1.807) is 0 Å². The Bertz CT molecular complexity index is 119. The summed E-state index contributed by atoms with van der Waals surface area (Å²) in [6.07, 6.45) is 1.10. The highest BCUT2D eigenvalue weighted by Gasteiger charge is 1.89. The molecule has 0 N–H and O–H groups in total. The average molecular weight is 113 g/mol. The maximum Gasteiger partial charge on any atom is 0.143 e. The summed E-state index contributed by atoms with van der Waals surface area (Å²) in [7, 11) is 0. The number of hydrogen-bond donors (Lipinski definition) is 0. The predicted molar refractivity (Wildman–Crippen MR) is 33.6 cm³/mol. The monoisotopic (exact) mass is 113 g/mol. The summed E-state index contributed by atoms with van der Waals surface area (Å²) in [6.45, 7) is 7.87. The molecule has 0 heterocycles. The highest BCUT2D eigenvalue weighted by atomic mass is 19.1. The van der Waals surface area contributed by atoms with Crippen molar-refractivity contribution in [3.63, 3.8) is 0 Å². The third-order valence-electron chi connectivity index (χ3n) is 0.762. The first kappa shape index (κ1) is 7.08. The van der Waals surface area contributed by atoms with Crippen molar-refractivity contribution < 1.29 is 4.39 Å². The Balaban J connectivity index is 4.25. The van der Waals surface area contributed by atoms with Gasteiger partial charge in [0.25, 0.3) is 0 Å². The lowest BCUT2D eigenvalue weighted by atomic mass is 10.4. The number of hydrogen-bond acceptors (Lipinski definition) is 1. The van der Waals surface area contributed by atoms with Gasteiger partial charge >= 0.3 is 0 Å². The molecule has 0 spiro atoms. The normalized spacial score (nSPS) is 12.2. The van der Waals surface area contributed by atoms with Crippen LogP contribution in [0.25, 0.3) is 0 Å². The van der Waals surface area contributed by atoms with E-state index in [-0.39, 0.29) is 5.70 Å². The molecule has 0 fully saturated rings.